The molecular weight excluding hydrogens is 392 g/mol. The van der Waals surface area contributed by atoms with Crippen LogP contribution in [0.1, 0.15) is 10.4 Å². The third-order valence-corrected chi connectivity index (χ3v) is 4.87. The normalized spacial score (nSPS) is 10.3. The Balaban J connectivity index is 2.27. The molecule has 0 unspecified atom stereocenters. The standard InChI is InChI=1S/C13H12Br2N2OS/c1-17(2)10-6-4-3-5-9(10)16-13(18)8-7-11(14)19-12(8)15/h3-7H,1-2H3,(H,16,18). The zero-order chi connectivity index (χ0) is 14.0. The molecule has 0 spiro atoms. The lowest BCUT2D eigenvalue weighted by molar-refractivity contribution is 0.102. The molecule has 6 heteroatoms. The van der Waals surface area contributed by atoms with Crippen LogP contribution in [0.25, 0.3) is 0 Å². The lowest BCUT2D eigenvalue weighted by Crippen LogP contribution is -2.16. The molecule has 0 aliphatic carbocycles. The number of carbonyl (C=O) groups is 1. The van der Waals surface area contributed by atoms with Gasteiger partial charge in [0.1, 0.15) is 0 Å². The summed E-state index contributed by atoms with van der Waals surface area (Å²) in [5, 5.41) is 2.94. The minimum absolute atomic E-state index is 0.122. The van der Waals surface area contributed by atoms with Crippen molar-refractivity contribution in [2.24, 2.45) is 0 Å². The third-order valence-electron chi connectivity index (χ3n) is 2.54. The van der Waals surface area contributed by atoms with Gasteiger partial charge in [-0.15, -0.1) is 11.3 Å². The van der Waals surface area contributed by atoms with Gasteiger partial charge in [0.25, 0.3) is 5.91 Å². The number of hydrogen-bond donors (Lipinski definition) is 1. The first kappa shape index (κ1) is 14.6. The molecule has 3 nitrogen and oxygen atoms in total. The van der Waals surface area contributed by atoms with E-state index in [0.717, 1.165) is 18.9 Å². The molecule has 1 heterocycles. The van der Waals surface area contributed by atoms with Gasteiger partial charge in [-0.2, -0.15) is 0 Å². The monoisotopic (exact) mass is 402 g/mol. The molecule has 1 aromatic carbocycles. The van der Waals surface area contributed by atoms with Crippen molar-refractivity contribution < 1.29 is 4.79 Å². The Kier molecular flexibility index (Phi) is 4.65. The number of nitrogens with one attached hydrogen (secondary N) is 1. The Bertz CT molecular complexity index is 610. The zero-order valence-electron chi connectivity index (χ0n) is 10.4. The van der Waals surface area contributed by atoms with E-state index in [4.69, 9.17) is 0 Å². The van der Waals surface area contributed by atoms with Crippen molar-refractivity contribution in [3.8, 4) is 0 Å². The highest BCUT2D eigenvalue weighted by atomic mass is 79.9. The third kappa shape index (κ3) is 3.38. The summed E-state index contributed by atoms with van der Waals surface area (Å²) in [6.45, 7) is 0. The van der Waals surface area contributed by atoms with Crippen LogP contribution in [0.15, 0.2) is 37.9 Å². The predicted octanol–water partition coefficient (Wildman–Crippen LogP) is 4.59. The largest absolute Gasteiger partial charge is 0.376 e. The summed E-state index contributed by atoms with van der Waals surface area (Å²) in [5.41, 5.74) is 2.40. The lowest BCUT2D eigenvalue weighted by Gasteiger charge is -2.17. The van der Waals surface area contributed by atoms with Gasteiger partial charge in [-0.25, -0.2) is 0 Å². The Hall–Kier alpha value is -0.850. The van der Waals surface area contributed by atoms with Gasteiger partial charge >= 0.3 is 0 Å². The topological polar surface area (TPSA) is 32.3 Å². The highest BCUT2D eigenvalue weighted by Gasteiger charge is 2.15. The van der Waals surface area contributed by atoms with E-state index < -0.39 is 0 Å². The molecule has 0 aliphatic heterocycles. The fraction of sp³-hybridized carbons (Fsp3) is 0.154. The summed E-state index contributed by atoms with van der Waals surface area (Å²) in [7, 11) is 3.89. The molecule has 2 aromatic rings. The number of thiophene rings is 1. The van der Waals surface area contributed by atoms with Gasteiger partial charge in [0.05, 0.1) is 24.5 Å². The highest BCUT2D eigenvalue weighted by Crippen LogP contribution is 2.33. The van der Waals surface area contributed by atoms with Gasteiger partial charge in [-0.1, -0.05) is 12.1 Å². The van der Waals surface area contributed by atoms with E-state index in [-0.39, 0.29) is 5.91 Å². The SMILES string of the molecule is CN(C)c1ccccc1NC(=O)c1cc(Br)sc1Br. The van der Waals surface area contributed by atoms with Gasteiger partial charge in [0.2, 0.25) is 0 Å². The molecule has 1 aromatic heterocycles. The first-order valence-corrected chi connectivity index (χ1v) is 7.92. The summed E-state index contributed by atoms with van der Waals surface area (Å²) in [6, 6.07) is 9.52. The second-order valence-corrected chi connectivity index (χ2v) is 7.85. The van der Waals surface area contributed by atoms with Crippen molar-refractivity contribution in [2.45, 2.75) is 0 Å². The molecule has 0 bridgehead atoms. The summed E-state index contributed by atoms with van der Waals surface area (Å²) in [6.07, 6.45) is 0. The van der Waals surface area contributed by atoms with Crippen LogP contribution >= 0.6 is 43.2 Å². The molecule has 0 aliphatic rings. The van der Waals surface area contributed by atoms with Gasteiger partial charge in [0.15, 0.2) is 0 Å². The number of amides is 1. The van der Waals surface area contributed by atoms with E-state index >= 15 is 0 Å². The molecule has 0 fully saturated rings. The van der Waals surface area contributed by atoms with E-state index in [2.05, 4.69) is 37.2 Å². The number of halogens is 2. The van der Waals surface area contributed by atoms with Crippen LogP contribution in [-0.4, -0.2) is 20.0 Å². The van der Waals surface area contributed by atoms with Crippen molar-refractivity contribution in [1.29, 1.82) is 0 Å². The maximum atomic E-state index is 12.2. The second-order valence-electron chi connectivity index (χ2n) is 4.10. The average molecular weight is 404 g/mol. The Morgan fingerprint density at radius 3 is 2.53 bits per heavy atom. The van der Waals surface area contributed by atoms with E-state index in [0.29, 0.717) is 5.56 Å². The van der Waals surface area contributed by atoms with Gasteiger partial charge in [-0.05, 0) is 50.1 Å². The van der Waals surface area contributed by atoms with Crippen LogP contribution in [0.4, 0.5) is 11.4 Å². The molecule has 0 radical (unpaired) electrons. The number of anilines is 2. The maximum absolute atomic E-state index is 12.2. The minimum atomic E-state index is -0.122. The quantitative estimate of drug-likeness (QED) is 0.812. The molecule has 100 valence electrons. The van der Waals surface area contributed by atoms with Gasteiger partial charge in [-0.3, -0.25) is 4.79 Å². The molecule has 0 saturated heterocycles. The first-order valence-electron chi connectivity index (χ1n) is 5.51. The van der Waals surface area contributed by atoms with Crippen molar-refractivity contribution in [2.75, 3.05) is 24.3 Å². The van der Waals surface area contributed by atoms with Crippen LogP contribution in [-0.2, 0) is 0 Å². The predicted molar refractivity (Wildman–Crippen MR) is 88.4 cm³/mol. The molecule has 19 heavy (non-hydrogen) atoms. The van der Waals surface area contributed by atoms with Gasteiger partial charge in [0, 0.05) is 14.1 Å². The van der Waals surface area contributed by atoms with Crippen LogP contribution in [0.3, 0.4) is 0 Å². The number of rotatable bonds is 3. The highest BCUT2D eigenvalue weighted by molar-refractivity contribution is 9.12. The van der Waals surface area contributed by atoms with E-state index in [1.54, 1.807) is 0 Å². The summed E-state index contributed by atoms with van der Waals surface area (Å²) < 4.78 is 1.74. The molecule has 0 atom stereocenters. The summed E-state index contributed by atoms with van der Waals surface area (Å²) in [4.78, 5) is 14.2. The molecule has 1 N–H and O–H groups in total. The van der Waals surface area contributed by atoms with Crippen LogP contribution in [0.5, 0.6) is 0 Å². The Morgan fingerprint density at radius 2 is 1.95 bits per heavy atom. The molecule has 0 saturated carbocycles. The molecule has 2 rings (SSSR count). The number of carbonyl (C=O) groups excluding carboxylic acids is 1. The molecule has 1 amide bonds. The summed E-state index contributed by atoms with van der Waals surface area (Å²) >= 11 is 8.25. The fourth-order valence-corrected chi connectivity index (χ4v) is 4.45. The second kappa shape index (κ2) is 6.07. The lowest BCUT2D eigenvalue weighted by atomic mass is 10.2. The van der Waals surface area contributed by atoms with Crippen molar-refractivity contribution in [3.05, 3.63) is 43.5 Å². The number of nitrogens with zero attached hydrogens (tertiary/aromatic N) is 1. The van der Waals surface area contributed by atoms with E-state index in [9.17, 15) is 4.79 Å². The first-order chi connectivity index (χ1) is 8.99. The number of hydrogen-bond acceptors (Lipinski definition) is 3. The van der Waals surface area contributed by atoms with Gasteiger partial charge < -0.3 is 10.2 Å². The number of benzene rings is 1. The van der Waals surface area contributed by atoms with Crippen molar-refractivity contribution in [3.63, 3.8) is 0 Å². The Labute approximate surface area is 132 Å². The smallest absolute Gasteiger partial charge is 0.257 e. The minimum Gasteiger partial charge on any atom is -0.376 e. The van der Waals surface area contributed by atoms with E-state index in [1.807, 2.05) is 49.3 Å². The van der Waals surface area contributed by atoms with Crippen molar-refractivity contribution in [1.82, 2.24) is 0 Å². The van der Waals surface area contributed by atoms with E-state index in [1.165, 1.54) is 11.3 Å². The number of para-hydroxylation sites is 2. The average Bonchev–Trinajstić information content (AvgIpc) is 2.69. The zero-order valence-corrected chi connectivity index (χ0v) is 14.4. The molecular formula is C13H12Br2N2OS. The van der Waals surface area contributed by atoms with Crippen LogP contribution < -0.4 is 10.2 Å². The maximum Gasteiger partial charge on any atom is 0.257 e. The summed E-state index contributed by atoms with van der Waals surface area (Å²) in [5.74, 6) is -0.122. The van der Waals surface area contributed by atoms with Crippen molar-refractivity contribution >= 4 is 60.5 Å². The van der Waals surface area contributed by atoms with Crippen LogP contribution in [0.2, 0.25) is 0 Å². The Morgan fingerprint density at radius 1 is 1.26 bits per heavy atom. The fourth-order valence-electron chi connectivity index (χ4n) is 1.65. The van der Waals surface area contributed by atoms with Crippen LogP contribution in [0, 0.1) is 0 Å².